The van der Waals surface area contributed by atoms with E-state index in [-0.39, 0.29) is 5.41 Å². The summed E-state index contributed by atoms with van der Waals surface area (Å²) >= 11 is 0. The molecule has 1 aromatic carbocycles. The number of oxime groups is 1. The Hall–Kier alpha value is -1.71. The second kappa shape index (κ2) is 6.16. The summed E-state index contributed by atoms with van der Waals surface area (Å²) in [6.07, 6.45) is 5.60. The summed E-state index contributed by atoms with van der Waals surface area (Å²) in [4.78, 5) is 0. The molecule has 0 unspecified atom stereocenters. The molecular formula is C16H25N3O. The highest BCUT2D eigenvalue weighted by molar-refractivity contribution is 5.85. The molecule has 4 N–H and O–H groups in total. The maximum atomic E-state index is 8.74. The fourth-order valence-electron chi connectivity index (χ4n) is 2.71. The van der Waals surface area contributed by atoms with Crippen molar-refractivity contribution in [1.29, 1.82) is 0 Å². The Morgan fingerprint density at radius 3 is 2.85 bits per heavy atom. The molecule has 0 heterocycles. The van der Waals surface area contributed by atoms with E-state index in [0.717, 1.165) is 19.4 Å². The fraction of sp³-hybridized carbons (Fsp3) is 0.562. The summed E-state index contributed by atoms with van der Waals surface area (Å²) in [5, 5.41) is 15.3. The molecule has 0 bridgehead atoms. The van der Waals surface area contributed by atoms with Crippen molar-refractivity contribution < 1.29 is 5.21 Å². The van der Waals surface area contributed by atoms with Crippen molar-refractivity contribution in [2.45, 2.75) is 46.0 Å². The van der Waals surface area contributed by atoms with Crippen LogP contribution in [0.3, 0.4) is 0 Å². The van der Waals surface area contributed by atoms with Crippen LogP contribution in [0, 0.1) is 5.41 Å². The Morgan fingerprint density at radius 2 is 2.10 bits per heavy atom. The SMILES string of the molecule is CC(C)(CCCNc1ccc2c(c1)CCC2)C(N)=NO. The van der Waals surface area contributed by atoms with Gasteiger partial charge in [-0.25, -0.2) is 0 Å². The topological polar surface area (TPSA) is 70.6 Å². The molecule has 0 aliphatic heterocycles. The van der Waals surface area contributed by atoms with E-state index < -0.39 is 0 Å². The van der Waals surface area contributed by atoms with Gasteiger partial charge < -0.3 is 16.3 Å². The highest BCUT2D eigenvalue weighted by Gasteiger charge is 2.22. The number of hydrogen-bond donors (Lipinski definition) is 3. The normalized spacial score (nSPS) is 15.2. The van der Waals surface area contributed by atoms with E-state index in [0.29, 0.717) is 5.84 Å². The van der Waals surface area contributed by atoms with Crippen LogP contribution in [0.4, 0.5) is 5.69 Å². The number of nitrogens with zero attached hydrogens (tertiary/aromatic N) is 1. The molecule has 0 spiro atoms. The zero-order valence-electron chi connectivity index (χ0n) is 12.4. The molecule has 4 nitrogen and oxygen atoms in total. The first-order valence-corrected chi connectivity index (χ1v) is 7.36. The van der Waals surface area contributed by atoms with E-state index >= 15 is 0 Å². The smallest absolute Gasteiger partial charge is 0.144 e. The lowest BCUT2D eigenvalue weighted by Gasteiger charge is -2.22. The van der Waals surface area contributed by atoms with Crippen molar-refractivity contribution in [3.63, 3.8) is 0 Å². The van der Waals surface area contributed by atoms with Crippen LogP contribution in [0.1, 0.15) is 44.2 Å². The van der Waals surface area contributed by atoms with Gasteiger partial charge in [0.25, 0.3) is 0 Å². The van der Waals surface area contributed by atoms with Crippen LogP contribution in [0.5, 0.6) is 0 Å². The number of benzene rings is 1. The first kappa shape index (κ1) is 14.7. The maximum absolute atomic E-state index is 8.74. The second-order valence-electron chi connectivity index (χ2n) is 6.24. The van der Waals surface area contributed by atoms with Crippen molar-refractivity contribution in [3.05, 3.63) is 29.3 Å². The molecule has 0 atom stereocenters. The summed E-state index contributed by atoms with van der Waals surface area (Å²) in [5.41, 5.74) is 9.63. The highest BCUT2D eigenvalue weighted by atomic mass is 16.4. The quantitative estimate of drug-likeness (QED) is 0.245. The molecule has 0 fully saturated rings. The molecule has 1 aromatic rings. The molecule has 2 rings (SSSR count). The number of rotatable bonds is 6. The molecule has 1 aliphatic carbocycles. The molecule has 0 saturated heterocycles. The van der Waals surface area contributed by atoms with E-state index in [2.05, 4.69) is 28.7 Å². The average molecular weight is 275 g/mol. The van der Waals surface area contributed by atoms with Crippen molar-refractivity contribution >= 4 is 11.5 Å². The predicted molar refractivity (Wildman–Crippen MR) is 83.4 cm³/mol. The summed E-state index contributed by atoms with van der Waals surface area (Å²) < 4.78 is 0. The Labute approximate surface area is 121 Å². The second-order valence-corrected chi connectivity index (χ2v) is 6.24. The summed E-state index contributed by atoms with van der Waals surface area (Å²) in [7, 11) is 0. The van der Waals surface area contributed by atoms with E-state index in [1.165, 1.54) is 36.1 Å². The minimum absolute atomic E-state index is 0.256. The predicted octanol–water partition coefficient (Wildman–Crippen LogP) is 3.14. The van der Waals surface area contributed by atoms with Crippen molar-refractivity contribution in [1.82, 2.24) is 0 Å². The fourth-order valence-corrected chi connectivity index (χ4v) is 2.71. The molecular weight excluding hydrogens is 250 g/mol. The lowest BCUT2D eigenvalue weighted by molar-refractivity contribution is 0.305. The number of nitrogens with one attached hydrogen (secondary N) is 1. The minimum atomic E-state index is -0.256. The Balaban J connectivity index is 1.79. The average Bonchev–Trinajstić information content (AvgIpc) is 2.90. The standard InChI is InChI=1S/C16H25N3O/c1-16(2,15(17)19-20)9-4-10-18-14-8-7-12-5-3-6-13(12)11-14/h7-8,11,18,20H,3-6,9-10H2,1-2H3,(H2,17,19). The van der Waals surface area contributed by atoms with Crippen LogP contribution in [-0.4, -0.2) is 17.6 Å². The largest absolute Gasteiger partial charge is 0.409 e. The number of hydrogen-bond acceptors (Lipinski definition) is 3. The number of amidine groups is 1. The van der Waals surface area contributed by atoms with Gasteiger partial charge in [0.1, 0.15) is 5.84 Å². The van der Waals surface area contributed by atoms with Crippen LogP contribution < -0.4 is 11.1 Å². The third-order valence-electron chi connectivity index (χ3n) is 4.21. The van der Waals surface area contributed by atoms with Crippen LogP contribution in [0.15, 0.2) is 23.4 Å². The van der Waals surface area contributed by atoms with E-state index in [1.807, 2.05) is 13.8 Å². The van der Waals surface area contributed by atoms with E-state index in [4.69, 9.17) is 10.9 Å². The highest BCUT2D eigenvalue weighted by Crippen LogP contribution is 2.25. The van der Waals surface area contributed by atoms with E-state index in [1.54, 1.807) is 0 Å². The zero-order chi connectivity index (χ0) is 14.6. The van der Waals surface area contributed by atoms with Gasteiger partial charge >= 0.3 is 0 Å². The van der Waals surface area contributed by atoms with Crippen LogP contribution in [0.25, 0.3) is 0 Å². The summed E-state index contributed by atoms with van der Waals surface area (Å²) in [5.74, 6) is 0.301. The van der Waals surface area contributed by atoms with Gasteiger partial charge in [-0.05, 0) is 55.4 Å². The van der Waals surface area contributed by atoms with Crippen LogP contribution >= 0.6 is 0 Å². The van der Waals surface area contributed by atoms with Gasteiger partial charge in [-0.2, -0.15) is 0 Å². The summed E-state index contributed by atoms with van der Waals surface area (Å²) in [6, 6.07) is 6.68. The Bertz CT molecular complexity index is 494. The minimum Gasteiger partial charge on any atom is -0.409 e. The number of anilines is 1. The van der Waals surface area contributed by atoms with Gasteiger partial charge in [-0.3, -0.25) is 0 Å². The third-order valence-corrected chi connectivity index (χ3v) is 4.21. The molecule has 0 saturated carbocycles. The number of fused-ring (bicyclic) bond motifs is 1. The van der Waals surface area contributed by atoms with Gasteiger partial charge in [0.05, 0.1) is 0 Å². The zero-order valence-corrected chi connectivity index (χ0v) is 12.4. The molecule has 1 aliphatic rings. The molecule has 4 heteroatoms. The monoisotopic (exact) mass is 275 g/mol. The molecule has 0 radical (unpaired) electrons. The Morgan fingerprint density at radius 1 is 1.35 bits per heavy atom. The molecule has 20 heavy (non-hydrogen) atoms. The first-order valence-electron chi connectivity index (χ1n) is 7.36. The Kier molecular flexibility index (Phi) is 4.53. The molecule has 0 aromatic heterocycles. The first-order chi connectivity index (χ1) is 9.53. The van der Waals surface area contributed by atoms with E-state index in [9.17, 15) is 0 Å². The maximum Gasteiger partial charge on any atom is 0.144 e. The number of aryl methyl sites for hydroxylation is 2. The lowest BCUT2D eigenvalue weighted by Crippen LogP contribution is -2.32. The van der Waals surface area contributed by atoms with Gasteiger partial charge in [-0.15, -0.1) is 0 Å². The van der Waals surface area contributed by atoms with Gasteiger partial charge in [0.2, 0.25) is 0 Å². The van der Waals surface area contributed by atoms with Crippen LogP contribution in [0.2, 0.25) is 0 Å². The number of nitrogens with two attached hydrogens (primary N) is 1. The van der Waals surface area contributed by atoms with Crippen molar-refractivity contribution in [2.75, 3.05) is 11.9 Å². The van der Waals surface area contributed by atoms with Crippen molar-refractivity contribution in [2.24, 2.45) is 16.3 Å². The van der Waals surface area contributed by atoms with Crippen molar-refractivity contribution in [3.8, 4) is 0 Å². The molecule has 0 amide bonds. The van der Waals surface area contributed by atoms with Crippen LogP contribution in [-0.2, 0) is 12.8 Å². The molecule has 110 valence electrons. The van der Waals surface area contributed by atoms with Gasteiger partial charge in [0, 0.05) is 17.6 Å². The summed E-state index contributed by atoms with van der Waals surface area (Å²) in [6.45, 7) is 4.90. The lowest BCUT2D eigenvalue weighted by atomic mass is 9.86. The third kappa shape index (κ3) is 3.44. The van der Waals surface area contributed by atoms with Gasteiger partial charge in [-0.1, -0.05) is 25.1 Å². The van der Waals surface area contributed by atoms with Gasteiger partial charge in [0.15, 0.2) is 0 Å².